The summed E-state index contributed by atoms with van der Waals surface area (Å²) in [6.07, 6.45) is 9.13. The first-order valence-corrected chi connectivity index (χ1v) is 12.5. The van der Waals surface area contributed by atoms with Crippen molar-refractivity contribution in [3.8, 4) is 16.5 Å². The molecule has 7 heteroatoms. The van der Waals surface area contributed by atoms with Crippen molar-refractivity contribution in [1.82, 2.24) is 14.9 Å². The standard InChI is InChI=1S/C24H28ClN3O2S/c1-30-17-10-11-18-19(14-17)28(23(27-18)20-12-13-21(25)31-20)22(15-6-5-7-15)24(29)26-16-8-3-2-4-9-16/h10-16,22H,2-9H2,1H3,(H,26,29). The lowest BCUT2D eigenvalue weighted by Gasteiger charge is -2.36. The van der Waals surface area contributed by atoms with Gasteiger partial charge < -0.3 is 14.6 Å². The number of aromatic nitrogens is 2. The molecule has 0 saturated heterocycles. The number of hydrogen-bond acceptors (Lipinski definition) is 4. The third-order valence-corrected chi connectivity index (χ3v) is 8.01. The Balaban J connectivity index is 1.62. The smallest absolute Gasteiger partial charge is 0.243 e. The van der Waals surface area contributed by atoms with Gasteiger partial charge in [0.25, 0.3) is 0 Å². The number of benzene rings is 1. The van der Waals surface area contributed by atoms with Crippen LogP contribution in [0.25, 0.3) is 21.7 Å². The van der Waals surface area contributed by atoms with Gasteiger partial charge in [-0.3, -0.25) is 4.79 Å². The minimum absolute atomic E-state index is 0.127. The zero-order chi connectivity index (χ0) is 21.4. The molecule has 2 aliphatic rings. The number of carbonyl (C=O) groups excluding carboxylic acids is 1. The van der Waals surface area contributed by atoms with Gasteiger partial charge in [-0.1, -0.05) is 37.3 Å². The molecule has 164 valence electrons. The van der Waals surface area contributed by atoms with E-state index in [-0.39, 0.29) is 18.0 Å². The number of fused-ring (bicyclic) bond motifs is 1. The average Bonchev–Trinajstić information content (AvgIpc) is 3.34. The first-order valence-electron chi connectivity index (χ1n) is 11.3. The van der Waals surface area contributed by atoms with Gasteiger partial charge in [-0.2, -0.15) is 0 Å². The molecule has 1 amide bonds. The van der Waals surface area contributed by atoms with Crippen molar-refractivity contribution < 1.29 is 9.53 Å². The number of rotatable bonds is 6. The van der Waals surface area contributed by atoms with Gasteiger partial charge in [0.15, 0.2) is 5.82 Å². The van der Waals surface area contributed by atoms with Gasteiger partial charge in [0.1, 0.15) is 11.8 Å². The van der Waals surface area contributed by atoms with Gasteiger partial charge in [0.2, 0.25) is 5.91 Å². The topological polar surface area (TPSA) is 56.2 Å². The van der Waals surface area contributed by atoms with E-state index in [9.17, 15) is 4.79 Å². The van der Waals surface area contributed by atoms with Crippen molar-refractivity contribution in [3.63, 3.8) is 0 Å². The van der Waals surface area contributed by atoms with Crippen LogP contribution in [0.5, 0.6) is 5.75 Å². The van der Waals surface area contributed by atoms with Crippen LogP contribution < -0.4 is 10.1 Å². The van der Waals surface area contributed by atoms with Crippen LogP contribution in [-0.4, -0.2) is 28.6 Å². The first kappa shape index (κ1) is 20.8. The van der Waals surface area contributed by atoms with E-state index in [4.69, 9.17) is 21.3 Å². The lowest BCUT2D eigenvalue weighted by atomic mass is 9.78. The summed E-state index contributed by atoms with van der Waals surface area (Å²) in [5, 5.41) is 3.39. The predicted molar refractivity (Wildman–Crippen MR) is 126 cm³/mol. The number of imidazole rings is 1. The SMILES string of the molecule is COc1ccc2nc(-c3ccc(Cl)s3)n(C(C(=O)NC3CCCCC3)C3CCC3)c2c1. The molecule has 0 radical (unpaired) electrons. The van der Waals surface area contributed by atoms with E-state index in [0.717, 1.165) is 57.5 Å². The minimum Gasteiger partial charge on any atom is -0.497 e. The molecule has 2 saturated carbocycles. The lowest BCUT2D eigenvalue weighted by Crippen LogP contribution is -2.44. The van der Waals surface area contributed by atoms with Crippen LogP contribution in [0, 0.1) is 5.92 Å². The van der Waals surface area contributed by atoms with Crippen LogP contribution in [0.2, 0.25) is 4.34 Å². The Labute approximate surface area is 191 Å². The maximum absolute atomic E-state index is 13.7. The fourth-order valence-corrected chi connectivity index (χ4v) is 5.95. The molecule has 1 N–H and O–H groups in total. The molecule has 2 fully saturated rings. The van der Waals surface area contributed by atoms with Crippen LogP contribution in [-0.2, 0) is 4.79 Å². The Hall–Kier alpha value is -2.05. The van der Waals surface area contributed by atoms with E-state index in [2.05, 4.69) is 9.88 Å². The summed E-state index contributed by atoms with van der Waals surface area (Å²) in [7, 11) is 1.67. The van der Waals surface area contributed by atoms with Gasteiger partial charge in [0.05, 0.1) is 27.4 Å². The summed E-state index contributed by atoms with van der Waals surface area (Å²) < 4.78 is 8.37. The lowest BCUT2D eigenvalue weighted by molar-refractivity contribution is -0.127. The highest BCUT2D eigenvalue weighted by atomic mass is 35.5. The molecular formula is C24H28ClN3O2S. The normalized spacial score (nSPS) is 18.6. The van der Waals surface area contributed by atoms with E-state index < -0.39 is 0 Å². The summed E-state index contributed by atoms with van der Waals surface area (Å²) >= 11 is 7.76. The van der Waals surface area contributed by atoms with Gasteiger partial charge in [-0.15, -0.1) is 11.3 Å². The van der Waals surface area contributed by atoms with E-state index in [1.807, 2.05) is 30.3 Å². The highest BCUT2D eigenvalue weighted by molar-refractivity contribution is 7.19. The number of hydrogen-bond donors (Lipinski definition) is 1. The quantitative estimate of drug-likeness (QED) is 0.478. The van der Waals surface area contributed by atoms with Crippen molar-refractivity contribution in [2.24, 2.45) is 5.92 Å². The molecule has 0 aliphatic heterocycles. The fraction of sp³-hybridized carbons (Fsp3) is 0.500. The molecule has 0 spiro atoms. The number of carbonyl (C=O) groups is 1. The zero-order valence-corrected chi connectivity index (χ0v) is 19.3. The van der Waals surface area contributed by atoms with Crippen LogP contribution in [0.4, 0.5) is 0 Å². The number of nitrogens with one attached hydrogen (secondary N) is 1. The second kappa shape index (κ2) is 8.83. The zero-order valence-electron chi connectivity index (χ0n) is 17.8. The molecule has 2 heterocycles. The van der Waals surface area contributed by atoms with Crippen molar-refractivity contribution in [2.75, 3.05) is 7.11 Å². The molecule has 2 aliphatic carbocycles. The Morgan fingerprint density at radius 1 is 1.16 bits per heavy atom. The number of nitrogens with zero attached hydrogens (tertiary/aromatic N) is 2. The van der Waals surface area contributed by atoms with Crippen molar-refractivity contribution >= 4 is 39.9 Å². The van der Waals surface area contributed by atoms with Crippen molar-refractivity contribution in [2.45, 2.75) is 63.5 Å². The molecule has 1 atom stereocenters. The maximum atomic E-state index is 13.7. The molecule has 2 aromatic heterocycles. The van der Waals surface area contributed by atoms with Gasteiger partial charge in [-0.25, -0.2) is 4.98 Å². The first-order chi connectivity index (χ1) is 15.1. The Morgan fingerprint density at radius 3 is 2.61 bits per heavy atom. The van der Waals surface area contributed by atoms with Crippen molar-refractivity contribution in [3.05, 3.63) is 34.7 Å². The third kappa shape index (κ3) is 4.08. The Kier molecular flexibility index (Phi) is 5.93. The van der Waals surface area contributed by atoms with Crippen molar-refractivity contribution in [1.29, 1.82) is 0 Å². The number of ether oxygens (including phenoxy) is 1. The maximum Gasteiger partial charge on any atom is 0.243 e. The molecule has 1 aromatic carbocycles. The summed E-state index contributed by atoms with van der Waals surface area (Å²) in [5.41, 5.74) is 1.81. The van der Waals surface area contributed by atoms with Gasteiger partial charge in [-0.05, 0) is 55.9 Å². The van der Waals surface area contributed by atoms with Gasteiger partial charge >= 0.3 is 0 Å². The van der Waals surface area contributed by atoms with E-state index in [0.29, 0.717) is 5.92 Å². The summed E-state index contributed by atoms with van der Waals surface area (Å²) in [4.78, 5) is 19.6. The highest BCUT2D eigenvalue weighted by Gasteiger charge is 2.37. The van der Waals surface area contributed by atoms with E-state index in [1.165, 1.54) is 37.0 Å². The highest BCUT2D eigenvalue weighted by Crippen LogP contribution is 2.42. The number of thiophene rings is 1. The second-order valence-corrected chi connectivity index (χ2v) is 10.5. The van der Waals surface area contributed by atoms with E-state index in [1.54, 1.807) is 7.11 Å². The number of methoxy groups -OCH3 is 1. The largest absolute Gasteiger partial charge is 0.497 e. The molecule has 5 nitrogen and oxygen atoms in total. The van der Waals surface area contributed by atoms with Crippen LogP contribution in [0.15, 0.2) is 30.3 Å². The molecule has 31 heavy (non-hydrogen) atoms. The van der Waals surface area contributed by atoms with Crippen LogP contribution in [0.3, 0.4) is 0 Å². The molecule has 1 unspecified atom stereocenters. The molecule has 5 rings (SSSR count). The van der Waals surface area contributed by atoms with Crippen LogP contribution >= 0.6 is 22.9 Å². The van der Waals surface area contributed by atoms with Gasteiger partial charge in [0, 0.05) is 12.1 Å². The van der Waals surface area contributed by atoms with Crippen LogP contribution in [0.1, 0.15) is 57.4 Å². The molecule has 3 aromatic rings. The molecular weight excluding hydrogens is 430 g/mol. The summed E-state index contributed by atoms with van der Waals surface area (Å²) in [6.45, 7) is 0. The summed E-state index contributed by atoms with van der Waals surface area (Å²) in [5.74, 6) is 2.03. The Bertz CT molecular complexity index is 1080. The average molecular weight is 458 g/mol. The molecule has 0 bridgehead atoms. The second-order valence-electron chi connectivity index (χ2n) is 8.74. The minimum atomic E-state index is -0.274. The summed E-state index contributed by atoms with van der Waals surface area (Å²) in [6, 6.07) is 9.80. The van der Waals surface area contributed by atoms with E-state index >= 15 is 0 Å². The third-order valence-electron chi connectivity index (χ3n) is 6.78. The number of amides is 1. The monoisotopic (exact) mass is 457 g/mol. The number of halogens is 1. The Morgan fingerprint density at radius 2 is 1.97 bits per heavy atom. The predicted octanol–water partition coefficient (Wildman–Crippen LogP) is 6.22. The fourth-order valence-electron chi connectivity index (χ4n) is 4.92.